The maximum atomic E-state index is 11.8. The predicted octanol–water partition coefficient (Wildman–Crippen LogP) is 3.00. The van der Waals surface area contributed by atoms with Crippen LogP contribution in [0, 0.1) is 10.1 Å². The van der Waals surface area contributed by atoms with E-state index in [-0.39, 0.29) is 5.69 Å². The summed E-state index contributed by atoms with van der Waals surface area (Å²) in [5, 5.41) is 12.9. The largest absolute Gasteiger partial charge is 0.269 e. The molecule has 0 spiro atoms. The van der Waals surface area contributed by atoms with Crippen LogP contribution < -0.4 is 0 Å². The lowest BCUT2D eigenvalue weighted by Crippen LogP contribution is -2.27. The minimum atomic E-state index is -3.28. The number of hydrogen-bond donors (Lipinski definition) is 0. The summed E-state index contributed by atoms with van der Waals surface area (Å²) in [6.07, 6.45) is 1.18. The van der Waals surface area contributed by atoms with Crippen LogP contribution in [0.1, 0.15) is 18.9 Å². The third kappa shape index (κ3) is 2.96. The normalized spacial score (nSPS) is 12.3. The molecule has 0 amide bonds. The van der Waals surface area contributed by atoms with Crippen molar-refractivity contribution in [2.45, 2.75) is 18.6 Å². The molecule has 0 unspecified atom stereocenters. The minimum Gasteiger partial charge on any atom is -0.258 e. The van der Waals surface area contributed by atoms with Gasteiger partial charge in [-0.25, -0.2) is 13.4 Å². The quantitative estimate of drug-likeness (QED) is 0.636. The second kappa shape index (κ2) is 5.19. The fraction of sp³-hybridized carbons (Fsp3) is 0.308. The molecule has 1 aromatic heterocycles. The first-order chi connectivity index (χ1) is 9.63. The van der Waals surface area contributed by atoms with Gasteiger partial charge < -0.3 is 0 Å². The summed E-state index contributed by atoms with van der Waals surface area (Å²) in [7, 11) is -3.28. The summed E-state index contributed by atoms with van der Waals surface area (Å²) in [6, 6.07) is 6.00. The molecule has 6 nitrogen and oxygen atoms in total. The van der Waals surface area contributed by atoms with Crippen LogP contribution in [0.15, 0.2) is 29.6 Å². The van der Waals surface area contributed by atoms with E-state index in [9.17, 15) is 18.5 Å². The van der Waals surface area contributed by atoms with Gasteiger partial charge in [0.2, 0.25) is 0 Å². The second-order valence-electron chi connectivity index (χ2n) is 5.12. The van der Waals surface area contributed by atoms with E-state index < -0.39 is 19.5 Å². The molecule has 0 aliphatic heterocycles. The summed E-state index contributed by atoms with van der Waals surface area (Å²) < 4.78 is 22.6. The van der Waals surface area contributed by atoms with Crippen LogP contribution in [0.2, 0.25) is 0 Å². The highest BCUT2D eigenvalue weighted by Gasteiger charge is 2.35. The van der Waals surface area contributed by atoms with E-state index in [4.69, 9.17) is 0 Å². The molecule has 1 heterocycles. The first-order valence-electron chi connectivity index (χ1n) is 6.03. The smallest absolute Gasteiger partial charge is 0.258 e. The Morgan fingerprint density at radius 2 is 1.81 bits per heavy atom. The molecule has 112 valence electrons. The Hall–Kier alpha value is -1.80. The molecule has 0 atom stereocenters. The molecule has 0 bridgehead atoms. The van der Waals surface area contributed by atoms with Gasteiger partial charge in [-0.2, -0.15) is 0 Å². The number of sulfone groups is 1. The Labute approximate surface area is 126 Å². The Balaban J connectivity index is 2.38. The topological polar surface area (TPSA) is 90.2 Å². The van der Waals surface area contributed by atoms with E-state index in [0.29, 0.717) is 16.3 Å². The van der Waals surface area contributed by atoms with Gasteiger partial charge in [-0.15, -0.1) is 11.3 Å². The highest BCUT2D eigenvalue weighted by atomic mass is 32.2. The van der Waals surface area contributed by atoms with Crippen molar-refractivity contribution in [1.82, 2.24) is 4.98 Å². The molecule has 0 radical (unpaired) electrons. The van der Waals surface area contributed by atoms with Crippen molar-refractivity contribution in [3.05, 3.63) is 44.8 Å². The molecule has 0 N–H and O–H groups in total. The molecule has 8 heteroatoms. The Morgan fingerprint density at radius 1 is 1.24 bits per heavy atom. The zero-order chi connectivity index (χ0) is 15.8. The molecule has 2 aromatic rings. The first kappa shape index (κ1) is 15.6. The third-order valence-electron chi connectivity index (χ3n) is 3.32. The van der Waals surface area contributed by atoms with Crippen molar-refractivity contribution >= 4 is 26.9 Å². The Kier molecular flexibility index (Phi) is 3.85. The van der Waals surface area contributed by atoms with Gasteiger partial charge in [0.25, 0.3) is 5.69 Å². The van der Waals surface area contributed by atoms with E-state index in [1.807, 2.05) is 0 Å². The van der Waals surface area contributed by atoms with Crippen LogP contribution in [0.25, 0.3) is 11.3 Å². The maximum absolute atomic E-state index is 11.8. The van der Waals surface area contributed by atoms with Gasteiger partial charge in [0.05, 0.1) is 10.6 Å². The number of aromatic nitrogens is 1. The van der Waals surface area contributed by atoms with Crippen LogP contribution in [-0.4, -0.2) is 24.6 Å². The number of rotatable bonds is 4. The monoisotopic (exact) mass is 326 g/mol. The lowest BCUT2D eigenvalue weighted by atomic mass is 10.1. The summed E-state index contributed by atoms with van der Waals surface area (Å²) >= 11 is 1.26. The summed E-state index contributed by atoms with van der Waals surface area (Å²) in [5.41, 5.74) is 1.33. The van der Waals surface area contributed by atoms with Gasteiger partial charge in [-0.3, -0.25) is 10.1 Å². The van der Waals surface area contributed by atoms with Crippen LogP contribution in [-0.2, 0) is 14.6 Å². The number of thiazole rings is 1. The number of nitrogens with zero attached hydrogens (tertiary/aromatic N) is 2. The Morgan fingerprint density at radius 3 is 2.29 bits per heavy atom. The van der Waals surface area contributed by atoms with Crippen LogP contribution in [0.5, 0.6) is 0 Å². The molecule has 21 heavy (non-hydrogen) atoms. The van der Waals surface area contributed by atoms with Crippen molar-refractivity contribution in [3.63, 3.8) is 0 Å². The van der Waals surface area contributed by atoms with E-state index in [0.717, 1.165) is 0 Å². The van der Waals surface area contributed by atoms with E-state index in [1.54, 1.807) is 31.4 Å². The standard InChI is InChI=1S/C13H14N2O4S2/c1-13(2,21(3,18)19)12-14-11(8-20-12)9-4-6-10(7-5-9)15(16)17/h4-8H,1-3H3. The van der Waals surface area contributed by atoms with Crippen LogP contribution in [0.3, 0.4) is 0 Å². The number of benzene rings is 1. The van der Waals surface area contributed by atoms with Gasteiger partial charge in [-0.05, 0) is 26.0 Å². The average molecular weight is 326 g/mol. The molecule has 0 saturated carbocycles. The molecule has 2 rings (SSSR count). The van der Waals surface area contributed by atoms with Gasteiger partial charge in [0.15, 0.2) is 9.84 Å². The molecule has 0 aliphatic rings. The van der Waals surface area contributed by atoms with Crippen molar-refractivity contribution in [3.8, 4) is 11.3 Å². The third-order valence-corrected chi connectivity index (χ3v) is 6.66. The number of hydrogen-bond acceptors (Lipinski definition) is 6. The lowest BCUT2D eigenvalue weighted by molar-refractivity contribution is -0.384. The van der Waals surface area contributed by atoms with E-state index >= 15 is 0 Å². The van der Waals surface area contributed by atoms with Crippen molar-refractivity contribution in [1.29, 1.82) is 0 Å². The van der Waals surface area contributed by atoms with Crippen molar-refractivity contribution < 1.29 is 13.3 Å². The second-order valence-corrected chi connectivity index (χ2v) is 8.55. The summed E-state index contributed by atoms with van der Waals surface area (Å²) in [4.78, 5) is 14.5. The summed E-state index contributed by atoms with van der Waals surface area (Å²) in [5.74, 6) is 0. The molecule has 0 aliphatic carbocycles. The van der Waals surface area contributed by atoms with Crippen LogP contribution >= 0.6 is 11.3 Å². The van der Waals surface area contributed by atoms with E-state index in [1.165, 1.54) is 29.7 Å². The van der Waals surface area contributed by atoms with Gasteiger partial charge in [0.1, 0.15) is 9.75 Å². The zero-order valence-corrected chi connectivity index (χ0v) is 13.4. The van der Waals surface area contributed by atoms with E-state index in [2.05, 4.69) is 4.98 Å². The highest BCUT2D eigenvalue weighted by Crippen LogP contribution is 2.34. The maximum Gasteiger partial charge on any atom is 0.269 e. The van der Waals surface area contributed by atoms with Gasteiger partial charge in [-0.1, -0.05) is 0 Å². The molecular formula is C13H14N2O4S2. The summed E-state index contributed by atoms with van der Waals surface area (Å²) in [6.45, 7) is 3.22. The van der Waals surface area contributed by atoms with Gasteiger partial charge in [0, 0.05) is 29.3 Å². The van der Waals surface area contributed by atoms with Crippen molar-refractivity contribution in [2.24, 2.45) is 0 Å². The predicted molar refractivity (Wildman–Crippen MR) is 82.1 cm³/mol. The van der Waals surface area contributed by atoms with Crippen LogP contribution in [0.4, 0.5) is 5.69 Å². The minimum absolute atomic E-state index is 0.00525. The van der Waals surface area contributed by atoms with Gasteiger partial charge >= 0.3 is 0 Å². The number of nitro groups is 1. The zero-order valence-electron chi connectivity index (χ0n) is 11.7. The SMILES string of the molecule is CC(C)(c1nc(-c2ccc([N+](=O)[O-])cc2)cs1)S(C)(=O)=O. The first-order valence-corrected chi connectivity index (χ1v) is 8.80. The fourth-order valence-corrected chi connectivity index (χ4v) is 3.40. The molecule has 0 fully saturated rings. The molecular weight excluding hydrogens is 312 g/mol. The average Bonchev–Trinajstić information content (AvgIpc) is 2.87. The number of non-ortho nitro benzene ring substituents is 1. The Bertz CT molecular complexity index is 777. The molecule has 1 aromatic carbocycles. The lowest BCUT2D eigenvalue weighted by Gasteiger charge is -2.19. The number of nitro benzene ring substituents is 1. The fourth-order valence-electron chi connectivity index (χ4n) is 1.60. The molecule has 0 saturated heterocycles. The van der Waals surface area contributed by atoms with Crippen molar-refractivity contribution in [2.75, 3.05) is 6.26 Å². The highest BCUT2D eigenvalue weighted by molar-refractivity contribution is 7.91.